The van der Waals surface area contributed by atoms with Crippen LogP contribution in [0, 0.1) is 0 Å². The van der Waals surface area contributed by atoms with Crippen LogP contribution in [0.25, 0.3) is 10.9 Å². The van der Waals surface area contributed by atoms with E-state index >= 15 is 0 Å². The lowest BCUT2D eigenvalue weighted by Gasteiger charge is -2.29. The maximum atomic E-state index is 12.7. The Morgan fingerprint density at radius 1 is 1.07 bits per heavy atom. The molecule has 0 unspecified atom stereocenters. The first-order valence-electron chi connectivity index (χ1n) is 9.96. The molecule has 4 nitrogen and oxygen atoms in total. The van der Waals surface area contributed by atoms with Crippen LogP contribution in [0.15, 0.2) is 54.6 Å². The van der Waals surface area contributed by atoms with Gasteiger partial charge in [0.2, 0.25) is 5.91 Å². The third-order valence-electron chi connectivity index (χ3n) is 5.39. The summed E-state index contributed by atoms with van der Waals surface area (Å²) in [6, 6.07) is 18.9. The highest BCUT2D eigenvalue weighted by Crippen LogP contribution is 2.22. The van der Waals surface area contributed by atoms with E-state index in [-0.39, 0.29) is 5.91 Å². The van der Waals surface area contributed by atoms with Crippen molar-refractivity contribution in [3.63, 3.8) is 0 Å². The number of nitrogens with zero attached hydrogens (tertiary/aromatic N) is 3. The van der Waals surface area contributed by atoms with E-state index in [0.29, 0.717) is 12.8 Å². The maximum Gasteiger partial charge on any atom is 0.223 e. The fourth-order valence-electron chi connectivity index (χ4n) is 3.92. The van der Waals surface area contributed by atoms with E-state index in [0.717, 1.165) is 42.7 Å². The van der Waals surface area contributed by atoms with E-state index < -0.39 is 0 Å². The number of amides is 1. The van der Waals surface area contributed by atoms with Gasteiger partial charge in [-0.05, 0) is 55.8 Å². The van der Waals surface area contributed by atoms with Crippen molar-refractivity contribution in [2.45, 2.75) is 32.4 Å². The molecule has 28 heavy (non-hydrogen) atoms. The zero-order valence-corrected chi connectivity index (χ0v) is 16.7. The third kappa shape index (κ3) is 4.23. The summed E-state index contributed by atoms with van der Waals surface area (Å²) in [6.45, 7) is 2.48. The van der Waals surface area contributed by atoms with Crippen molar-refractivity contribution in [1.82, 2.24) is 14.8 Å². The Kier molecular flexibility index (Phi) is 5.40. The van der Waals surface area contributed by atoms with Crippen molar-refractivity contribution in [3.8, 4) is 0 Å². The van der Waals surface area contributed by atoms with Gasteiger partial charge in [0.25, 0.3) is 0 Å². The predicted molar refractivity (Wildman–Crippen MR) is 113 cm³/mol. The van der Waals surface area contributed by atoms with E-state index in [9.17, 15) is 4.79 Å². The van der Waals surface area contributed by atoms with Crippen LogP contribution in [0.3, 0.4) is 0 Å². The molecule has 2 aromatic carbocycles. The van der Waals surface area contributed by atoms with Gasteiger partial charge in [-0.2, -0.15) is 0 Å². The lowest BCUT2D eigenvalue weighted by molar-refractivity contribution is -0.132. The van der Waals surface area contributed by atoms with Gasteiger partial charge >= 0.3 is 0 Å². The van der Waals surface area contributed by atoms with E-state index in [2.05, 4.69) is 54.3 Å². The standard InChI is InChI=1S/C24H27N3O/c1-26(2)16-18-7-8-21-17-27(14-13-20(21)15-18)24(28)12-11-22-10-9-19-5-3-4-6-23(19)25-22/h3-10,15H,11-14,16-17H2,1-2H3. The van der Waals surface area contributed by atoms with Crippen LogP contribution in [-0.2, 0) is 30.7 Å². The first-order chi connectivity index (χ1) is 13.6. The molecule has 1 aliphatic rings. The minimum absolute atomic E-state index is 0.220. The predicted octanol–water partition coefficient (Wildman–Crippen LogP) is 3.81. The first-order valence-corrected chi connectivity index (χ1v) is 9.96. The third-order valence-corrected chi connectivity index (χ3v) is 5.39. The van der Waals surface area contributed by atoms with Gasteiger partial charge in [0.05, 0.1) is 5.52 Å². The Balaban J connectivity index is 1.37. The van der Waals surface area contributed by atoms with Gasteiger partial charge < -0.3 is 9.80 Å². The highest BCUT2D eigenvalue weighted by atomic mass is 16.2. The number of pyridine rings is 1. The van der Waals surface area contributed by atoms with Crippen molar-refractivity contribution >= 4 is 16.8 Å². The molecule has 4 heteroatoms. The summed E-state index contributed by atoms with van der Waals surface area (Å²) in [5.74, 6) is 0.220. The van der Waals surface area contributed by atoms with Crippen LogP contribution < -0.4 is 0 Å². The molecule has 0 saturated heterocycles. The number of rotatable bonds is 5. The molecule has 3 aromatic rings. The molecule has 0 radical (unpaired) electrons. The number of aromatic nitrogens is 1. The molecule has 144 valence electrons. The summed E-state index contributed by atoms with van der Waals surface area (Å²) in [5, 5.41) is 1.14. The molecule has 0 aliphatic carbocycles. The van der Waals surface area contributed by atoms with Crippen molar-refractivity contribution in [1.29, 1.82) is 0 Å². The van der Waals surface area contributed by atoms with Crippen molar-refractivity contribution < 1.29 is 4.79 Å². The Morgan fingerprint density at radius 2 is 1.93 bits per heavy atom. The van der Waals surface area contributed by atoms with Crippen molar-refractivity contribution in [2.24, 2.45) is 0 Å². The van der Waals surface area contributed by atoms with Gasteiger partial charge in [0, 0.05) is 37.1 Å². The second kappa shape index (κ2) is 8.11. The molecule has 0 bridgehead atoms. The van der Waals surface area contributed by atoms with Crippen LogP contribution in [0.5, 0.6) is 0 Å². The Morgan fingerprint density at radius 3 is 2.79 bits per heavy atom. The molecule has 2 heterocycles. The Hall–Kier alpha value is -2.72. The van der Waals surface area contributed by atoms with Crippen LogP contribution in [0.4, 0.5) is 0 Å². The molecule has 1 amide bonds. The van der Waals surface area contributed by atoms with Crippen molar-refractivity contribution in [2.75, 3.05) is 20.6 Å². The molecular formula is C24H27N3O. The Labute approximate surface area is 166 Å². The van der Waals surface area contributed by atoms with Gasteiger partial charge in [-0.15, -0.1) is 0 Å². The summed E-state index contributed by atoms with van der Waals surface area (Å²) in [6.07, 6.45) is 2.14. The molecule has 4 rings (SSSR count). The second-order valence-corrected chi connectivity index (χ2v) is 7.90. The Bertz CT molecular complexity index is 996. The minimum atomic E-state index is 0.220. The van der Waals surface area contributed by atoms with Crippen LogP contribution in [0.1, 0.15) is 28.8 Å². The highest BCUT2D eigenvalue weighted by molar-refractivity contribution is 5.79. The van der Waals surface area contributed by atoms with Gasteiger partial charge in [-0.3, -0.25) is 9.78 Å². The molecule has 0 fully saturated rings. The largest absolute Gasteiger partial charge is 0.338 e. The molecule has 0 saturated carbocycles. The molecule has 0 N–H and O–H groups in total. The normalized spacial score (nSPS) is 13.8. The summed E-state index contributed by atoms with van der Waals surface area (Å²) < 4.78 is 0. The van der Waals surface area contributed by atoms with Crippen LogP contribution >= 0.6 is 0 Å². The van der Waals surface area contributed by atoms with Gasteiger partial charge in [0.1, 0.15) is 0 Å². The first kappa shape index (κ1) is 18.6. The number of benzene rings is 2. The zero-order valence-electron chi connectivity index (χ0n) is 16.7. The number of hydrogen-bond acceptors (Lipinski definition) is 3. The lowest BCUT2D eigenvalue weighted by Crippen LogP contribution is -2.36. The van der Waals surface area contributed by atoms with E-state index in [1.54, 1.807) is 0 Å². The summed E-state index contributed by atoms with van der Waals surface area (Å²) in [4.78, 5) is 21.6. The van der Waals surface area contributed by atoms with Crippen LogP contribution in [-0.4, -0.2) is 41.3 Å². The fourth-order valence-corrected chi connectivity index (χ4v) is 3.92. The van der Waals surface area contributed by atoms with Crippen molar-refractivity contribution in [3.05, 3.63) is 77.0 Å². The molecule has 0 spiro atoms. The highest BCUT2D eigenvalue weighted by Gasteiger charge is 2.20. The lowest BCUT2D eigenvalue weighted by atomic mass is 9.96. The number of carbonyl (C=O) groups is 1. The van der Waals surface area contributed by atoms with Crippen LogP contribution in [0.2, 0.25) is 0 Å². The van der Waals surface area contributed by atoms with E-state index in [1.807, 2.05) is 29.2 Å². The van der Waals surface area contributed by atoms with Gasteiger partial charge in [-0.1, -0.05) is 42.5 Å². The molecule has 1 aromatic heterocycles. The molecule has 1 aliphatic heterocycles. The average molecular weight is 374 g/mol. The fraction of sp³-hybridized carbons (Fsp3) is 0.333. The average Bonchev–Trinajstić information content (AvgIpc) is 2.71. The number of para-hydroxylation sites is 1. The smallest absolute Gasteiger partial charge is 0.223 e. The molecular weight excluding hydrogens is 346 g/mol. The quantitative estimate of drug-likeness (QED) is 0.682. The van der Waals surface area contributed by atoms with E-state index in [1.165, 1.54) is 16.7 Å². The maximum absolute atomic E-state index is 12.7. The SMILES string of the molecule is CN(C)Cc1ccc2c(c1)CCN(C(=O)CCc1ccc3ccccc3n1)C2. The topological polar surface area (TPSA) is 36.4 Å². The van der Waals surface area contributed by atoms with Gasteiger partial charge in [0.15, 0.2) is 0 Å². The number of hydrogen-bond donors (Lipinski definition) is 0. The number of fused-ring (bicyclic) bond motifs is 2. The zero-order chi connectivity index (χ0) is 19.5. The minimum Gasteiger partial charge on any atom is -0.338 e. The molecule has 0 atom stereocenters. The van der Waals surface area contributed by atoms with E-state index in [4.69, 9.17) is 0 Å². The second-order valence-electron chi connectivity index (χ2n) is 7.90. The summed E-state index contributed by atoms with van der Waals surface area (Å²) in [7, 11) is 4.18. The summed E-state index contributed by atoms with van der Waals surface area (Å²) in [5.41, 5.74) is 5.99. The van der Waals surface area contributed by atoms with Gasteiger partial charge in [-0.25, -0.2) is 0 Å². The summed E-state index contributed by atoms with van der Waals surface area (Å²) >= 11 is 0. The number of carbonyl (C=O) groups excluding carboxylic acids is 1. The monoisotopic (exact) mass is 373 g/mol. The number of aryl methyl sites for hydroxylation is 1.